The molecule has 27 heavy (non-hydrogen) atoms. The van der Waals surface area contributed by atoms with E-state index >= 15 is 0 Å². The van der Waals surface area contributed by atoms with Crippen molar-refractivity contribution in [1.29, 1.82) is 0 Å². The summed E-state index contributed by atoms with van der Waals surface area (Å²) >= 11 is 0. The van der Waals surface area contributed by atoms with Crippen molar-refractivity contribution in [1.82, 2.24) is 14.8 Å². The first-order valence-electron chi connectivity index (χ1n) is 9.31. The van der Waals surface area contributed by atoms with Gasteiger partial charge in [-0.3, -0.25) is 9.69 Å². The summed E-state index contributed by atoms with van der Waals surface area (Å²) in [7, 11) is 0. The van der Waals surface area contributed by atoms with Crippen molar-refractivity contribution >= 4 is 11.6 Å². The number of halogens is 1. The minimum absolute atomic E-state index is 0.0473. The number of hydrogen-bond acceptors (Lipinski definition) is 6. The summed E-state index contributed by atoms with van der Waals surface area (Å²) in [5.41, 5.74) is 6.84. The first-order valence-corrected chi connectivity index (χ1v) is 9.31. The Morgan fingerprint density at radius 3 is 2.70 bits per heavy atom. The number of anilines is 1. The number of rotatable bonds is 4. The second-order valence-electron chi connectivity index (χ2n) is 7.14. The van der Waals surface area contributed by atoms with Crippen LogP contribution in [0.5, 0.6) is 0 Å². The van der Waals surface area contributed by atoms with Gasteiger partial charge in [-0.05, 0) is 18.6 Å². The number of aromatic nitrogens is 1. The molecule has 1 aromatic carbocycles. The van der Waals surface area contributed by atoms with Gasteiger partial charge in [0.15, 0.2) is 5.69 Å². The van der Waals surface area contributed by atoms with Gasteiger partial charge in [0.25, 0.3) is 5.91 Å². The quantitative estimate of drug-likeness (QED) is 0.871. The van der Waals surface area contributed by atoms with E-state index in [0.29, 0.717) is 36.9 Å². The van der Waals surface area contributed by atoms with Crippen LogP contribution < -0.4 is 10.6 Å². The van der Waals surface area contributed by atoms with Gasteiger partial charge in [-0.2, -0.15) is 0 Å². The SMILES string of the molecule is N[C@H]1CCN(C(=O)c2coc(CN3CCN(c4ccccc4F)CC3)n2)C1. The van der Waals surface area contributed by atoms with Crippen LogP contribution >= 0.6 is 0 Å². The van der Waals surface area contributed by atoms with Crippen LogP contribution in [0.3, 0.4) is 0 Å². The van der Waals surface area contributed by atoms with Crippen molar-refractivity contribution < 1.29 is 13.6 Å². The van der Waals surface area contributed by atoms with E-state index in [0.717, 1.165) is 32.6 Å². The Balaban J connectivity index is 1.31. The van der Waals surface area contributed by atoms with Crippen molar-refractivity contribution in [2.75, 3.05) is 44.2 Å². The topological polar surface area (TPSA) is 78.8 Å². The lowest BCUT2D eigenvalue weighted by atomic mass is 10.2. The lowest BCUT2D eigenvalue weighted by molar-refractivity contribution is 0.0785. The van der Waals surface area contributed by atoms with Crippen molar-refractivity contribution in [3.63, 3.8) is 0 Å². The molecule has 2 fully saturated rings. The van der Waals surface area contributed by atoms with Crippen molar-refractivity contribution in [3.05, 3.63) is 47.9 Å². The normalized spacial score (nSPS) is 21.0. The third-order valence-electron chi connectivity index (χ3n) is 5.21. The van der Waals surface area contributed by atoms with Crippen molar-refractivity contribution in [2.24, 2.45) is 5.73 Å². The maximum atomic E-state index is 13.9. The van der Waals surface area contributed by atoms with Crippen LogP contribution in [-0.2, 0) is 6.54 Å². The average Bonchev–Trinajstić information content (AvgIpc) is 3.32. The number of benzene rings is 1. The molecule has 2 N–H and O–H groups in total. The van der Waals surface area contributed by atoms with E-state index in [9.17, 15) is 9.18 Å². The van der Waals surface area contributed by atoms with Gasteiger partial charge in [0.2, 0.25) is 5.89 Å². The first-order chi connectivity index (χ1) is 13.1. The Bertz CT molecular complexity index is 803. The second-order valence-corrected chi connectivity index (χ2v) is 7.14. The number of nitrogens with two attached hydrogens (primary N) is 1. The molecule has 1 atom stereocenters. The number of oxazole rings is 1. The molecule has 2 saturated heterocycles. The first kappa shape index (κ1) is 17.9. The fourth-order valence-corrected chi connectivity index (χ4v) is 3.66. The van der Waals surface area contributed by atoms with E-state index in [1.54, 1.807) is 17.0 Å². The minimum atomic E-state index is -0.191. The van der Waals surface area contributed by atoms with Gasteiger partial charge in [-0.25, -0.2) is 9.37 Å². The Morgan fingerprint density at radius 1 is 1.22 bits per heavy atom. The zero-order valence-electron chi connectivity index (χ0n) is 15.2. The second kappa shape index (κ2) is 7.66. The Labute approximate surface area is 157 Å². The molecule has 2 aromatic rings. The summed E-state index contributed by atoms with van der Waals surface area (Å²) < 4.78 is 19.4. The molecule has 0 bridgehead atoms. The summed E-state index contributed by atoms with van der Waals surface area (Å²) in [6.45, 7) is 4.80. The number of nitrogens with zero attached hydrogens (tertiary/aromatic N) is 4. The third kappa shape index (κ3) is 3.96. The van der Waals surface area contributed by atoms with Crippen molar-refractivity contribution in [2.45, 2.75) is 19.0 Å². The van der Waals surface area contributed by atoms with Crippen LogP contribution in [0.25, 0.3) is 0 Å². The van der Waals surface area contributed by atoms with Crippen LogP contribution in [0, 0.1) is 5.82 Å². The number of carbonyl (C=O) groups excluding carboxylic acids is 1. The monoisotopic (exact) mass is 373 g/mol. The van der Waals surface area contributed by atoms with Crippen LogP contribution in [0.1, 0.15) is 22.8 Å². The van der Waals surface area contributed by atoms with Gasteiger partial charge in [-0.15, -0.1) is 0 Å². The summed E-state index contributed by atoms with van der Waals surface area (Å²) in [4.78, 5) is 22.7. The molecular formula is C19H24FN5O2. The highest BCUT2D eigenvalue weighted by Gasteiger charge is 2.27. The largest absolute Gasteiger partial charge is 0.447 e. The predicted octanol–water partition coefficient (Wildman–Crippen LogP) is 1.31. The molecule has 1 aromatic heterocycles. The minimum Gasteiger partial charge on any atom is -0.447 e. The maximum Gasteiger partial charge on any atom is 0.275 e. The molecule has 144 valence electrons. The van der Waals surface area contributed by atoms with Gasteiger partial charge >= 0.3 is 0 Å². The summed E-state index contributed by atoms with van der Waals surface area (Å²) in [6, 6.07) is 6.89. The molecule has 2 aliphatic heterocycles. The van der Waals surface area contributed by atoms with Gasteiger partial charge < -0.3 is 20.0 Å². The summed E-state index contributed by atoms with van der Waals surface area (Å²) in [5.74, 6) is 0.215. The number of para-hydroxylation sites is 1. The van der Waals surface area contributed by atoms with E-state index in [4.69, 9.17) is 10.2 Å². The molecule has 8 heteroatoms. The van der Waals surface area contributed by atoms with Crippen molar-refractivity contribution in [3.8, 4) is 0 Å². The smallest absolute Gasteiger partial charge is 0.275 e. The number of likely N-dealkylation sites (tertiary alicyclic amines) is 1. The average molecular weight is 373 g/mol. The summed E-state index contributed by atoms with van der Waals surface area (Å²) in [5, 5.41) is 0. The third-order valence-corrected chi connectivity index (χ3v) is 5.21. The van der Waals surface area contributed by atoms with Gasteiger partial charge in [-0.1, -0.05) is 12.1 Å². The molecule has 2 aliphatic rings. The molecule has 1 amide bonds. The number of piperazine rings is 1. The van der Waals surface area contributed by atoms with Gasteiger partial charge in [0, 0.05) is 45.3 Å². The van der Waals surface area contributed by atoms with E-state index in [1.165, 1.54) is 12.3 Å². The predicted molar refractivity (Wildman–Crippen MR) is 98.9 cm³/mol. The number of carbonyl (C=O) groups is 1. The highest BCUT2D eigenvalue weighted by Crippen LogP contribution is 2.21. The molecule has 0 radical (unpaired) electrons. The zero-order valence-corrected chi connectivity index (χ0v) is 15.2. The molecule has 7 nitrogen and oxygen atoms in total. The van der Waals surface area contributed by atoms with Crippen LogP contribution in [-0.4, -0.2) is 66.0 Å². The van der Waals surface area contributed by atoms with Crippen LogP contribution in [0.15, 0.2) is 34.9 Å². The Kier molecular flexibility index (Phi) is 5.09. The molecule has 0 aliphatic carbocycles. The lowest BCUT2D eigenvalue weighted by Gasteiger charge is -2.35. The Hall–Kier alpha value is -2.45. The standard InChI is InChI=1S/C19H24FN5O2/c20-15-3-1-2-4-17(15)24-9-7-23(8-10-24)12-18-22-16(13-27-18)19(26)25-6-5-14(21)11-25/h1-4,13-14H,5-12,21H2/t14-/m0/s1. The number of amides is 1. The molecule has 0 saturated carbocycles. The van der Waals surface area contributed by atoms with Gasteiger partial charge in [0.05, 0.1) is 12.2 Å². The molecule has 3 heterocycles. The highest BCUT2D eigenvalue weighted by molar-refractivity contribution is 5.92. The van der Waals surface area contributed by atoms with Gasteiger partial charge in [0.1, 0.15) is 12.1 Å². The molecule has 0 unspecified atom stereocenters. The van der Waals surface area contributed by atoms with Crippen LogP contribution in [0.4, 0.5) is 10.1 Å². The van der Waals surface area contributed by atoms with E-state index in [2.05, 4.69) is 9.88 Å². The fourth-order valence-electron chi connectivity index (χ4n) is 3.66. The maximum absolute atomic E-state index is 13.9. The molecule has 0 spiro atoms. The van der Waals surface area contributed by atoms with E-state index in [-0.39, 0.29) is 17.8 Å². The Morgan fingerprint density at radius 2 is 2.00 bits per heavy atom. The molecular weight excluding hydrogens is 349 g/mol. The summed E-state index contributed by atoms with van der Waals surface area (Å²) in [6.07, 6.45) is 2.25. The zero-order chi connectivity index (χ0) is 18.8. The number of hydrogen-bond donors (Lipinski definition) is 1. The fraction of sp³-hybridized carbons (Fsp3) is 0.474. The van der Waals surface area contributed by atoms with E-state index in [1.807, 2.05) is 11.0 Å². The van der Waals surface area contributed by atoms with Crippen LogP contribution in [0.2, 0.25) is 0 Å². The lowest BCUT2D eigenvalue weighted by Crippen LogP contribution is -2.46. The molecule has 4 rings (SSSR count). The highest BCUT2D eigenvalue weighted by atomic mass is 19.1. The van der Waals surface area contributed by atoms with E-state index < -0.39 is 0 Å².